The normalized spacial score (nSPS) is 14.6. The summed E-state index contributed by atoms with van der Waals surface area (Å²) in [7, 11) is 0. The van der Waals surface area contributed by atoms with E-state index in [0.29, 0.717) is 5.84 Å². The fourth-order valence-electron chi connectivity index (χ4n) is 7.36. The van der Waals surface area contributed by atoms with Gasteiger partial charge in [-0.2, -0.15) is 0 Å². The van der Waals surface area contributed by atoms with Gasteiger partial charge < -0.3 is 14.3 Å². The Kier molecular flexibility index (Phi) is 6.49. The molecule has 0 saturated carbocycles. The van der Waals surface area contributed by atoms with Crippen LogP contribution in [-0.4, -0.2) is 16.2 Å². The smallest absolute Gasteiger partial charge is 0.159 e. The Morgan fingerprint density at radius 2 is 1.18 bits per heavy atom. The summed E-state index contributed by atoms with van der Waals surface area (Å²) in [6.07, 6.45) is -0.322. The Bertz CT molecular complexity index is 2760. The van der Waals surface area contributed by atoms with Crippen molar-refractivity contribution in [2.24, 2.45) is 9.98 Å². The van der Waals surface area contributed by atoms with Crippen molar-refractivity contribution in [1.82, 2.24) is 9.88 Å². The van der Waals surface area contributed by atoms with Crippen LogP contribution in [0.25, 0.3) is 60.6 Å². The maximum atomic E-state index is 6.63. The lowest BCUT2D eigenvalue weighted by Crippen LogP contribution is -2.33. The van der Waals surface area contributed by atoms with Gasteiger partial charge in [0.25, 0.3) is 0 Å². The zero-order chi connectivity index (χ0) is 33.0. The van der Waals surface area contributed by atoms with Crippen LogP contribution in [0.2, 0.25) is 0 Å². The maximum Gasteiger partial charge on any atom is 0.159 e. The highest BCUT2D eigenvalue weighted by Gasteiger charge is 2.26. The average molecular weight is 643 g/mol. The van der Waals surface area contributed by atoms with Gasteiger partial charge in [-0.3, -0.25) is 0 Å². The maximum absolute atomic E-state index is 6.63. The molecule has 236 valence electrons. The number of hydrogen-bond acceptors (Lipinski definition) is 4. The second kappa shape index (κ2) is 11.5. The molecule has 5 heteroatoms. The fourth-order valence-corrected chi connectivity index (χ4v) is 7.36. The number of rotatable bonds is 5. The molecule has 50 heavy (non-hydrogen) atoms. The molecule has 9 aromatic rings. The minimum Gasteiger partial charge on any atom is -0.456 e. The number of nitrogens with zero attached hydrogens (tertiary/aromatic N) is 3. The van der Waals surface area contributed by atoms with E-state index < -0.39 is 0 Å². The van der Waals surface area contributed by atoms with Crippen LogP contribution in [0.3, 0.4) is 0 Å². The van der Waals surface area contributed by atoms with Crippen molar-refractivity contribution >= 4 is 55.4 Å². The van der Waals surface area contributed by atoms with Crippen molar-refractivity contribution in [3.63, 3.8) is 0 Å². The van der Waals surface area contributed by atoms with Crippen LogP contribution in [0.15, 0.2) is 184 Å². The molecule has 7 aromatic carbocycles. The van der Waals surface area contributed by atoms with Gasteiger partial charge in [0.1, 0.15) is 23.2 Å². The summed E-state index contributed by atoms with van der Waals surface area (Å²) in [5.41, 5.74) is 10.3. The summed E-state index contributed by atoms with van der Waals surface area (Å²) in [6, 6.07) is 59.0. The van der Waals surface area contributed by atoms with Crippen molar-refractivity contribution in [1.29, 1.82) is 0 Å². The van der Waals surface area contributed by atoms with E-state index in [9.17, 15) is 0 Å². The number of para-hydroxylation sites is 2. The Morgan fingerprint density at radius 3 is 1.98 bits per heavy atom. The second-order valence-corrected chi connectivity index (χ2v) is 12.6. The van der Waals surface area contributed by atoms with Crippen LogP contribution in [-0.2, 0) is 0 Å². The molecular formula is C45H30N4O. The first kappa shape index (κ1) is 28.3. The summed E-state index contributed by atoms with van der Waals surface area (Å²) in [6.45, 7) is 0. The van der Waals surface area contributed by atoms with Crippen LogP contribution in [0.1, 0.15) is 22.9 Å². The topological polar surface area (TPSA) is 54.8 Å². The number of benzene rings is 7. The van der Waals surface area contributed by atoms with Crippen molar-refractivity contribution < 1.29 is 4.42 Å². The van der Waals surface area contributed by atoms with Gasteiger partial charge in [-0.1, -0.05) is 133 Å². The number of aliphatic imine (C=N–C) groups is 2. The number of hydrogen-bond donors (Lipinski definition) is 1. The Hall–Kier alpha value is -6.72. The molecule has 10 rings (SSSR count). The largest absolute Gasteiger partial charge is 0.456 e. The summed E-state index contributed by atoms with van der Waals surface area (Å²) in [5, 5.41) is 8.16. The lowest BCUT2D eigenvalue weighted by Gasteiger charge is -2.24. The zero-order valence-electron chi connectivity index (χ0n) is 27.0. The molecule has 0 fully saturated rings. The number of fused-ring (bicyclic) bond motifs is 7. The fraction of sp³-hybridized carbons (Fsp3) is 0.0222. The molecule has 2 aromatic heterocycles. The first-order valence-corrected chi connectivity index (χ1v) is 16.9. The minimum absolute atomic E-state index is 0.322. The van der Waals surface area contributed by atoms with E-state index in [4.69, 9.17) is 14.4 Å². The third-order valence-corrected chi connectivity index (χ3v) is 9.67. The minimum atomic E-state index is -0.322. The highest BCUT2D eigenvalue weighted by molar-refractivity contribution is 6.29. The second-order valence-electron chi connectivity index (χ2n) is 12.6. The summed E-state index contributed by atoms with van der Waals surface area (Å²) in [5.74, 6) is 1.43. The molecule has 1 aliphatic heterocycles. The van der Waals surface area contributed by atoms with Crippen LogP contribution < -0.4 is 5.32 Å². The summed E-state index contributed by atoms with van der Waals surface area (Å²) < 4.78 is 8.99. The molecule has 1 aliphatic rings. The van der Waals surface area contributed by atoms with Gasteiger partial charge in [-0.05, 0) is 53.1 Å². The van der Waals surface area contributed by atoms with Crippen LogP contribution in [0.4, 0.5) is 0 Å². The number of nitrogens with one attached hydrogen (secondary N) is 1. The van der Waals surface area contributed by atoms with E-state index in [-0.39, 0.29) is 6.17 Å². The Balaban J connectivity index is 1.21. The average Bonchev–Trinajstić information content (AvgIpc) is 3.75. The van der Waals surface area contributed by atoms with Gasteiger partial charge in [-0.15, -0.1) is 0 Å². The molecule has 1 atom stereocenters. The molecule has 1 N–H and O–H groups in total. The van der Waals surface area contributed by atoms with Crippen molar-refractivity contribution in [3.05, 3.63) is 187 Å². The SMILES string of the molecule is c1ccc(-c2ccc(C3=NC(c4ccccc4)NC(c4cccc5oc6ccc7c8ccccc8n(-c8ccccc8)c7c6c45)=N3)cc2)cc1. The number of furan rings is 1. The quantitative estimate of drug-likeness (QED) is 0.203. The standard InChI is InChI=1S/C45H30N4O/c1-4-13-29(14-5-1)30-23-25-32(26-24-30)44-46-43(31-15-6-2-7-16-31)47-45(48-44)36-20-12-22-38-40(36)41-39(50-38)28-27-35-34-19-10-11-21-37(34)49(42(35)41)33-17-8-3-9-18-33/h1-28,43H,(H,46,47,48). The third kappa shape index (κ3) is 4.55. The van der Waals surface area contributed by atoms with Crippen molar-refractivity contribution in [2.75, 3.05) is 0 Å². The Labute approximate surface area is 288 Å². The van der Waals surface area contributed by atoms with E-state index in [0.717, 1.165) is 66.7 Å². The van der Waals surface area contributed by atoms with Gasteiger partial charge in [-0.25, -0.2) is 9.98 Å². The lowest BCUT2D eigenvalue weighted by atomic mass is 10.0. The van der Waals surface area contributed by atoms with E-state index in [1.165, 1.54) is 16.3 Å². The van der Waals surface area contributed by atoms with Gasteiger partial charge in [0.15, 0.2) is 5.84 Å². The third-order valence-electron chi connectivity index (χ3n) is 9.67. The van der Waals surface area contributed by atoms with Gasteiger partial charge >= 0.3 is 0 Å². The van der Waals surface area contributed by atoms with Gasteiger partial charge in [0.2, 0.25) is 0 Å². The van der Waals surface area contributed by atoms with Gasteiger partial charge in [0, 0.05) is 33.0 Å². The molecule has 0 radical (unpaired) electrons. The molecule has 3 heterocycles. The number of amidine groups is 2. The van der Waals surface area contributed by atoms with Crippen LogP contribution in [0.5, 0.6) is 0 Å². The predicted octanol–water partition coefficient (Wildman–Crippen LogP) is 10.8. The van der Waals surface area contributed by atoms with Crippen LogP contribution >= 0.6 is 0 Å². The first-order chi connectivity index (χ1) is 24.8. The highest BCUT2D eigenvalue weighted by Crippen LogP contribution is 2.42. The first-order valence-electron chi connectivity index (χ1n) is 16.9. The Morgan fingerprint density at radius 1 is 0.520 bits per heavy atom. The van der Waals surface area contributed by atoms with E-state index in [1.54, 1.807) is 0 Å². The predicted molar refractivity (Wildman–Crippen MR) is 205 cm³/mol. The van der Waals surface area contributed by atoms with Gasteiger partial charge in [0.05, 0.1) is 16.4 Å². The summed E-state index contributed by atoms with van der Waals surface area (Å²) in [4.78, 5) is 10.4. The molecule has 0 amide bonds. The molecule has 0 spiro atoms. The van der Waals surface area contributed by atoms with E-state index >= 15 is 0 Å². The van der Waals surface area contributed by atoms with Crippen molar-refractivity contribution in [3.8, 4) is 16.8 Å². The van der Waals surface area contributed by atoms with E-state index in [1.807, 2.05) is 18.2 Å². The zero-order valence-corrected chi connectivity index (χ0v) is 27.0. The lowest BCUT2D eigenvalue weighted by molar-refractivity contribution is 0.668. The molecule has 0 saturated heterocycles. The van der Waals surface area contributed by atoms with Crippen molar-refractivity contribution in [2.45, 2.75) is 6.17 Å². The molecular weight excluding hydrogens is 613 g/mol. The monoisotopic (exact) mass is 642 g/mol. The molecule has 0 aliphatic carbocycles. The van der Waals surface area contributed by atoms with E-state index in [2.05, 4.69) is 162 Å². The highest BCUT2D eigenvalue weighted by atomic mass is 16.3. The summed E-state index contributed by atoms with van der Waals surface area (Å²) >= 11 is 0. The molecule has 5 nitrogen and oxygen atoms in total. The van der Waals surface area contributed by atoms with Crippen LogP contribution in [0, 0.1) is 0 Å². The molecule has 0 bridgehead atoms. The number of aromatic nitrogens is 1. The molecule has 1 unspecified atom stereocenters.